The van der Waals surface area contributed by atoms with E-state index in [1.54, 1.807) is 39.4 Å². The fraction of sp³-hybridized carbons (Fsp3) is 0.350. The van der Waals surface area contributed by atoms with Gasteiger partial charge in [0.25, 0.3) is 0 Å². The summed E-state index contributed by atoms with van der Waals surface area (Å²) in [6.07, 6.45) is 6.28. The predicted molar refractivity (Wildman–Crippen MR) is 95.4 cm³/mol. The lowest BCUT2D eigenvalue weighted by Gasteiger charge is -2.27. The Labute approximate surface area is 146 Å². The van der Waals surface area contributed by atoms with Gasteiger partial charge in [0.05, 0.1) is 19.5 Å². The number of allylic oxidation sites excluding steroid dienone is 1. The van der Waals surface area contributed by atoms with E-state index in [2.05, 4.69) is 0 Å². The second kappa shape index (κ2) is 6.76. The van der Waals surface area contributed by atoms with E-state index in [0.29, 0.717) is 16.9 Å². The minimum absolute atomic E-state index is 0.108. The zero-order chi connectivity index (χ0) is 18.1. The molecule has 0 radical (unpaired) electrons. The Kier molecular flexibility index (Phi) is 4.68. The monoisotopic (exact) mass is 342 g/mol. The summed E-state index contributed by atoms with van der Waals surface area (Å²) in [5.41, 5.74) is 3.79. The summed E-state index contributed by atoms with van der Waals surface area (Å²) in [6.45, 7) is 5.57. The average Bonchev–Trinajstić information content (AvgIpc) is 3.10. The van der Waals surface area contributed by atoms with Gasteiger partial charge in [0.2, 0.25) is 0 Å². The van der Waals surface area contributed by atoms with Crippen molar-refractivity contribution in [1.29, 1.82) is 0 Å². The van der Waals surface area contributed by atoms with E-state index in [4.69, 9.17) is 13.9 Å². The summed E-state index contributed by atoms with van der Waals surface area (Å²) in [6, 6.07) is 1.83. The van der Waals surface area contributed by atoms with Crippen LogP contribution in [0.2, 0.25) is 0 Å². The van der Waals surface area contributed by atoms with Gasteiger partial charge in [0.1, 0.15) is 6.61 Å². The molecule has 0 saturated heterocycles. The first-order chi connectivity index (χ1) is 12.0. The number of aliphatic hydroxyl groups excluding tert-OH is 1. The van der Waals surface area contributed by atoms with Crippen molar-refractivity contribution in [3.63, 3.8) is 0 Å². The van der Waals surface area contributed by atoms with Crippen molar-refractivity contribution in [1.82, 2.24) is 0 Å². The molecule has 0 spiro atoms. The Hall–Kier alpha value is -2.53. The van der Waals surface area contributed by atoms with E-state index in [1.165, 1.54) is 0 Å². The first-order valence-corrected chi connectivity index (χ1v) is 8.25. The Bertz CT molecular complexity index is 872. The predicted octanol–water partition coefficient (Wildman–Crippen LogP) is 3.94. The van der Waals surface area contributed by atoms with E-state index in [9.17, 15) is 9.90 Å². The van der Waals surface area contributed by atoms with Crippen LogP contribution < -0.4 is 4.74 Å². The zero-order valence-corrected chi connectivity index (χ0v) is 14.8. The number of ether oxygens (including phenoxy) is 2. The first kappa shape index (κ1) is 17.3. The van der Waals surface area contributed by atoms with Crippen LogP contribution in [0.5, 0.6) is 5.75 Å². The molecule has 132 valence electrons. The highest BCUT2D eigenvalue weighted by Gasteiger charge is 2.30. The minimum Gasteiger partial charge on any atom is -0.492 e. The number of esters is 1. The molecule has 2 unspecified atom stereocenters. The normalized spacial score (nSPS) is 19.8. The first-order valence-electron chi connectivity index (χ1n) is 8.25. The third-order valence-corrected chi connectivity index (χ3v) is 4.79. The topological polar surface area (TPSA) is 68.9 Å². The SMILES string of the molecule is CC=C(C)C(=O)OCc1c2c(c(OC)c3occc13)C=CC(O)C2C. The number of carbonyl (C=O) groups is 1. The number of furan rings is 1. The molecular formula is C20H22O5. The maximum Gasteiger partial charge on any atom is 0.333 e. The number of hydrogen-bond acceptors (Lipinski definition) is 5. The lowest BCUT2D eigenvalue weighted by molar-refractivity contribution is -0.140. The van der Waals surface area contributed by atoms with Crippen LogP contribution in [-0.4, -0.2) is 24.3 Å². The van der Waals surface area contributed by atoms with Gasteiger partial charge in [0.15, 0.2) is 11.3 Å². The van der Waals surface area contributed by atoms with Crippen LogP contribution in [0.3, 0.4) is 0 Å². The Morgan fingerprint density at radius 3 is 2.88 bits per heavy atom. The molecule has 1 aromatic carbocycles. The molecule has 0 aliphatic heterocycles. The van der Waals surface area contributed by atoms with Gasteiger partial charge >= 0.3 is 5.97 Å². The highest BCUT2D eigenvalue weighted by molar-refractivity contribution is 5.93. The highest BCUT2D eigenvalue weighted by atomic mass is 16.5. The maximum absolute atomic E-state index is 12.1. The van der Waals surface area contributed by atoms with Gasteiger partial charge < -0.3 is 19.0 Å². The van der Waals surface area contributed by atoms with E-state index in [0.717, 1.165) is 22.1 Å². The molecule has 1 N–H and O–H groups in total. The van der Waals surface area contributed by atoms with Crippen LogP contribution in [0.25, 0.3) is 17.0 Å². The third kappa shape index (κ3) is 2.85. The molecule has 0 fully saturated rings. The molecule has 2 aromatic rings. The number of rotatable bonds is 4. The van der Waals surface area contributed by atoms with Crippen LogP contribution in [0.4, 0.5) is 0 Å². The largest absolute Gasteiger partial charge is 0.492 e. The zero-order valence-electron chi connectivity index (χ0n) is 14.8. The quantitative estimate of drug-likeness (QED) is 0.673. The van der Waals surface area contributed by atoms with Gasteiger partial charge in [-0.15, -0.1) is 0 Å². The van der Waals surface area contributed by atoms with Gasteiger partial charge in [-0.1, -0.05) is 25.2 Å². The molecule has 1 heterocycles. The van der Waals surface area contributed by atoms with E-state index < -0.39 is 6.10 Å². The molecule has 1 aromatic heterocycles. The van der Waals surface area contributed by atoms with Gasteiger partial charge in [-0.3, -0.25) is 0 Å². The van der Waals surface area contributed by atoms with Crippen molar-refractivity contribution in [2.45, 2.75) is 39.4 Å². The number of hydrogen-bond donors (Lipinski definition) is 1. The van der Waals surface area contributed by atoms with E-state index >= 15 is 0 Å². The fourth-order valence-corrected chi connectivity index (χ4v) is 3.22. The average molecular weight is 342 g/mol. The van der Waals surface area contributed by atoms with Crippen molar-refractivity contribution >= 4 is 23.0 Å². The number of carbonyl (C=O) groups excluding carboxylic acids is 1. The van der Waals surface area contributed by atoms with Crippen molar-refractivity contribution in [2.75, 3.05) is 7.11 Å². The highest BCUT2D eigenvalue weighted by Crippen LogP contribution is 2.44. The van der Waals surface area contributed by atoms with E-state index in [-0.39, 0.29) is 18.5 Å². The molecule has 0 bridgehead atoms. The Morgan fingerprint density at radius 1 is 1.44 bits per heavy atom. The number of benzene rings is 1. The standard InChI is InChI=1S/C20H22O5/c1-5-11(2)20(22)25-10-15-13-8-9-24-19(13)18(23-4)14-6-7-16(21)12(3)17(14)15/h5-9,12,16,21H,10H2,1-4H3. The molecule has 0 saturated carbocycles. The van der Waals surface area contributed by atoms with Crippen molar-refractivity contribution in [2.24, 2.45) is 0 Å². The number of aliphatic hydroxyl groups is 1. The smallest absolute Gasteiger partial charge is 0.333 e. The summed E-state index contributed by atoms with van der Waals surface area (Å²) in [4.78, 5) is 12.1. The Morgan fingerprint density at radius 2 is 2.20 bits per heavy atom. The summed E-state index contributed by atoms with van der Waals surface area (Å²) < 4.78 is 16.7. The molecule has 1 aliphatic rings. The Balaban J connectivity index is 2.16. The second-order valence-corrected chi connectivity index (χ2v) is 6.19. The lowest BCUT2D eigenvalue weighted by atomic mass is 9.81. The third-order valence-electron chi connectivity index (χ3n) is 4.79. The van der Waals surface area contributed by atoms with Gasteiger partial charge in [0, 0.05) is 28.0 Å². The molecule has 3 rings (SSSR count). The van der Waals surface area contributed by atoms with Crippen LogP contribution in [0.15, 0.2) is 34.5 Å². The number of methoxy groups -OCH3 is 1. The number of fused-ring (bicyclic) bond motifs is 2. The van der Waals surface area contributed by atoms with E-state index in [1.807, 2.05) is 19.1 Å². The molecule has 5 heteroatoms. The fourth-order valence-electron chi connectivity index (χ4n) is 3.22. The van der Waals surface area contributed by atoms with Crippen LogP contribution in [0, 0.1) is 0 Å². The van der Waals surface area contributed by atoms with Crippen LogP contribution in [0.1, 0.15) is 43.4 Å². The molecule has 25 heavy (non-hydrogen) atoms. The van der Waals surface area contributed by atoms with Crippen molar-refractivity contribution in [3.05, 3.63) is 46.7 Å². The summed E-state index contributed by atoms with van der Waals surface area (Å²) >= 11 is 0. The molecule has 0 amide bonds. The molecular weight excluding hydrogens is 320 g/mol. The van der Waals surface area contributed by atoms with Crippen molar-refractivity contribution < 1.29 is 23.8 Å². The maximum atomic E-state index is 12.1. The minimum atomic E-state index is -0.603. The lowest BCUT2D eigenvalue weighted by Crippen LogP contribution is -2.20. The van der Waals surface area contributed by atoms with Gasteiger partial charge in [-0.25, -0.2) is 4.79 Å². The second-order valence-electron chi connectivity index (χ2n) is 6.19. The summed E-state index contributed by atoms with van der Waals surface area (Å²) in [5, 5.41) is 11.1. The molecule has 5 nitrogen and oxygen atoms in total. The molecule has 2 atom stereocenters. The molecule has 1 aliphatic carbocycles. The van der Waals surface area contributed by atoms with Gasteiger partial charge in [-0.05, 0) is 25.5 Å². The van der Waals surface area contributed by atoms with Crippen LogP contribution in [-0.2, 0) is 16.1 Å². The van der Waals surface area contributed by atoms with Crippen molar-refractivity contribution in [3.8, 4) is 5.75 Å². The summed E-state index contributed by atoms with van der Waals surface area (Å²) in [7, 11) is 1.59. The van der Waals surface area contributed by atoms with Crippen LogP contribution >= 0.6 is 0 Å². The van der Waals surface area contributed by atoms with Gasteiger partial charge in [-0.2, -0.15) is 0 Å². The summed E-state index contributed by atoms with van der Waals surface area (Å²) in [5.74, 6) is 0.123.